The van der Waals surface area contributed by atoms with Gasteiger partial charge >= 0.3 is 0 Å². The lowest BCUT2D eigenvalue weighted by Gasteiger charge is -2.03. The summed E-state index contributed by atoms with van der Waals surface area (Å²) < 4.78 is 5.67. The third-order valence-corrected chi connectivity index (χ3v) is 3.22. The minimum absolute atomic E-state index is 0.673. The minimum Gasteiger partial charge on any atom is -0.431 e. The number of rotatable bonds is 5. The van der Waals surface area contributed by atoms with Crippen LogP contribution in [0, 0.1) is 0 Å². The van der Waals surface area contributed by atoms with E-state index >= 15 is 0 Å². The third kappa shape index (κ3) is 3.28. The van der Waals surface area contributed by atoms with Gasteiger partial charge in [0.25, 0.3) is 5.19 Å². The Morgan fingerprint density at radius 1 is 1.29 bits per heavy atom. The van der Waals surface area contributed by atoms with E-state index in [0.717, 1.165) is 24.3 Å². The van der Waals surface area contributed by atoms with E-state index in [1.165, 1.54) is 16.9 Å². The van der Waals surface area contributed by atoms with E-state index in [0.29, 0.717) is 11.7 Å². The zero-order valence-electron chi connectivity index (χ0n) is 9.85. The molecule has 0 fully saturated rings. The fraction of sp³-hybridized carbons (Fsp3) is 0.308. The first-order valence-corrected chi connectivity index (χ1v) is 6.61. The summed E-state index contributed by atoms with van der Waals surface area (Å²) in [4.78, 5) is 4.36. The van der Waals surface area contributed by atoms with E-state index in [9.17, 15) is 0 Å². The summed E-state index contributed by atoms with van der Waals surface area (Å²) in [6, 6.07) is 7.99. The van der Waals surface area contributed by atoms with Crippen molar-refractivity contribution in [1.29, 1.82) is 0 Å². The second kappa shape index (κ2) is 5.80. The summed E-state index contributed by atoms with van der Waals surface area (Å²) in [5.74, 6) is 0.822. The zero-order chi connectivity index (χ0) is 12.1. The van der Waals surface area contributed by atoms with Gasteiger partial charge < -0.3 is 10.5 Å². The van der Waals surface area contributed by atoms with Crippen LogP contribution in [0.2, 0.25) is 0 Å². The lowest BCUT2D eigenvalue weighted by atomic mass is 10.1. The Morgan fingerprint density at radius 3 is 2.65 bits per heavy atom. The lowest BCUT2D eigenvalue weighted by Crippen LogP contribution is -2.02. The van der Waals surface area contributed by atoms with Crippen LogP contribution in [0.4, 0.5) is 0 Å². The fourth-order valence-corrected chi connectivity index (χ4v) is 2.26. The molecule has 0 aliphatic heterocycles. The summed E-state index contributed by atoms with van der Waals surface area (Å²) in [7, 11) is 0. The van der Waals surface area contributed by atoms with E-state index < -0.39 is 0 Å². The highest BCUT2D eigenvalue weighted by atomic mass is 32.1. The number of ether oxygens (including phenoxy) is 1. The predicted octanol–water partition coefficient (Wildman–Crippen LogP) is 3.00. The number of hydrogen-bond acceptors (Lipinski definition) is 4. The number of thiazole rings is 1. The number of nitrogens with zero attached hydrogens (tertiary/aromatic N) is 1. The molecule has 2 aromatic rings. The molecule has 0 amide bonds. The molecule has 2 N–H and O–H groups in total. The lowest BCUT2D eigenvalue weighted by molar-refractivity contribution is 0.477. The Morgan fingerprint density at radius 2 is 2.06 bits per heavy atom. The first kappa shape index (κ1) is 12.1. The molecular weight excluding hydrogens is 232 g/mol. The molecule has 1 aromatic heterocycles. The fourth-order valence-electron chi connectivity index (χ4n) is 1.49. The summed E-state index contributed by atoms with van der Waals surface area (Å²) in [5.41, 5.74) is 7.80. The first-order valence-electron chi connectivity index (χ1n) is 5.73. The minimum atomic E-state index is 0.673. The van der Waals surface area contributed by atoms with Gasteiger partial charge in [-0.25, -0.2) is 4.98 Å². The average Bonchev–Trinajstić information content (AvgIpc) is 2.80. The molecule has 2 rings (SSSR count). The van der Waals surface area contributed by atoms with Gasteiger partial charge in [0.15, 0.2) is 0 Å². The molecule has 0 atom stereocenters. The molecule has 17 heavy (non-hydrogen) atoms. The Kier molecular flexibility index (Phi) is 4.12. The van der Waals surface area contributed by atoms with Crippen LogP contribution in [0.25, 0.3) is 0 Å². The van der Waals surface area contributed by atoms with Gasteiger partial charge in [0.2, 0.25) is 0 Å². The van der Waals surface area contributed by atoms with Crippen molar-refractivity contribution in [2.45, 2.75) is 19.8 Å². The van der Waals surface area contributed by atoms with Crippen LogP contribution in [-0.2, 0) is 12.8 Å². The molecule has 90 valence electrons. The maximum absolute atomic E-state index is 5.67. The van der Waals surface area contributed by atoms with Crippen molar-refractivity contribution in [2.75, 3.05) is 6.54 Å². The number of aryl methyl sites for hydroxylation is 1. The standard InChI is InChI=1S/C13H16N2OS/c1-2-11-9-17-13(15-11)16-12-5-3-10(4-6-12)7-8-14/h3-6,9H,2,7-8,14H2,1H3. The van der Waals surface area contributed by atoms with E-state index in [2.05, 4.69) is 11.9 Å². The third-order valence-electron chi connectivity index (χ3n) is 2.45. The van der Waals surface area contributed by atoms with E-state index in [-0.39, 0.29) is 0 Å². The molecule has 0 spiro atoms. The molecule has 0 radical (unpaired) electrons. The Balaban J connectivity index is 2.03. The molecule has 0 aliphatic rings. The maximum atomic E-state index is 5.67. The van der Waals surface area contributed by atoms with Gasteiger partial charge in [0.1, 0.15) is 5.75 Å². The van der Waals surface area contributed by atoms with Crippen LogP contribution in [-0.4, -0.2) is 11.5 Å². The second-order valence-electron chi connectivity index (χ2n) is 3.74. The molecule has 0 saturated heterocycles. The highest BCUT2D eigenvalue weighted by Gasteiger charge is 2.02. The topological polar surface area (TPSA) is 48.1 Å². The van der Waals surface area contributed by atoms with E-state index in [1.54, 1.807) is 0 Å². The van der Waals surface area contributed by atoms with Crippen molar-refractivity contribution in [3.05, 3.63) is 40.9 Å². The van der Waals surface area contributed by atoms with Gasteiger partial charge in [-0.2, -0.15) is 0 Å². The van der Waals surface area contributed by atoms with Gasteiger partial charge in [-0.05, 0) is 37.1 Å². The average molecular weight is 248 g/mol. The van der Waals surface area contributed by atoms with Crippen LogP contribution in [0.1, 0.15) is 18.2 Å². The summed E-state index contributed by atoms with van der Waals surface area (Å²) in [6.45, 7) is 2.76. The maximum Gasteiger partial charge on any atom is 0.278 e. The van der Waals surface area contributed by atoms with Crippen molar-refractivity contribution in [2.24, 2.45) is 5.73 Å². The second-order valence-corrected chi connectivity index (χ2v) is 4.56. The van der Waals surface area contributed by atoms with Crippen molar-refractivity contribution in [3.63, 3.8) is 0 Å². The summed E-state index contributed by atoms with van der Waals surface area (Å²) >= 11 is 1.53. The largest absolute Gasteiger partial charge is 0.431 e. The normalized spacial score (nSPS) is 10.5. The van der Waals surface area contributed by atoms with Crippen LogP contribution in [0.5, 0.6) is 10.9 Å². The molecule has 1 heterocycles. The predicted molar refractivity (Wildman–Crippen MR) is 70.8 cm³/mol. The van der Waals surface area contributed by atoms with Crippen molar-refractivity contribution < 1.29 is 4.74 Å². The van der Waals surface area contributed by atoms with Crippen LogP contribution in [0.3, 0.4) is 0 Å². The van der Waals surface area contributed by atoms with Crippen LogP contribution in [0.15, 0.2) is 29.6 Å². The molecule has 0 saturated carbocycles. The molecule has 0 aliphatic carbocycles. The zero-order valence-corrected chi connectivity index (χ0v) is 10.7. The monoisotopic (exact) mass is 248 g/mol. The number of aromatic nitrogens is 1. The smallest absolute Gasteiger partial charge is 0.278 e. The molecule has 4 heteroatoms. The number of nitrogens with two attached hydrogens (primary N) is 1. The quantitative estimate of drug-likeness (QED) is 0.885. The van der Waals surface area contributed by atoms with Crippen molar-refractivity contribution in [3.8, 4) is 10.9 Å². The summed E-state index contributed by atoms with van der Waals surface area (Å²) in [6.07, 6.45) is 1.84. The highest BCUT2D eigenvalue weighted by molar-refractivity contribution is 7.11. The van der Waals surface area contributed by atoms with E-state index in [1.807, 2.05) is 29.6 Å². The highest BCUT2D eigenvalue weighted by Crippen LogP contribution is 2.25. The molecule has 1 aromatic carbocycles. The number of hydrogen-bond donors (Lipinski definition) is 1. The van der Waals surface area contributed by atoms with Gasteiger partial charge in [-0.3, -0.25) is 0 Å². The van der Waals surface area contributed by atoms with Crippen LogP contribution >= 0.6 is 11.3 Å². The van der Waals surface area contributed by atoms with Gasteiger partial charge in [-0.1, -0.05) is 30.4 Å². The van der Waals surface area contributed by atoms with Crippen molar-refractivity contribution >= 4 is 11.3 Å². The first-order chi connectivity index (χ1) is 8.31. The van der Waals surface area contributed by atoms with Gasteiger partial charge in [-0.15, -0.1) is 0 Å². The Labute approximate surface area is 105 Å². The number of benzene rings is 1. The summed E-state index contributed by atoms with van der Waals surface area (Å²) in [5, 5.41) is 2.73. The molecule has 0 unspecified atom stereocenters. The Bertz CT molecular complexity index is 465. The Hall–Kier alpha value is -1.39. The molecule has 3 nitrogen and oxygen atoms in total. The van der Waals surface area contributed by atoms with Gasteiger partial charge in [0, 0.05) is 5.38 Å². The molecular formula is C13H16N2OS. The SMILES string of the molecule is CCc1csc(Oc2ccc(CCN)cc2)n1. The van der Waals surface area contributed by atoms with Gasteiger partial charge in [0.05, 0.1) is 5.69 Å². The van der Waals surface area contributed by atoms with E-state index in [4.69, 9.17) is 10.5 Å². The van der Waals surface area contributed by atoms with Crippen LogP contribution < -0.4 is 10.5 Å². The van der Waals surface area contributed by atoms with Crippen molar-refractivity contribution in [1.82, 2.24) is 4.98 Å². The molecule has 0 bridgehead atoms.